The summed E-state index contributed by atoms with van der Waals surface area (Å²) in [4.78, 5) is 13.7. The molecule has 0 saturated carbocycles. The van der Waals surface area contributed by atoms with Crippen LogP contribution in [0.25, 0.3) is 0 Å². The molecule has 1 rings (SSSR count). The highest BCUT2D eigenvalue weighted by Gasteiger charge is 2.22. The fraction of sp³-hybridized carbons (Fsp3) is 0.846. The van der Waals surface area contributed by atoms with Gasteiger partial charge >= 0.3 is 0 Å². The summed E-state index contributed by atoms with van der Waals surface area (Å²) in [7, 11) is 0. The van der Waals surface area contributed by atoms with Crippen molar-refractivity contribution in [2.45, 2.75) is 46.0 Å². The van der Waals surface area contributed by atoms with Gasteiger partial charge in [0.2, 0.25) is 5.91 Å². The van der Waals surface area contributed by atoms with E-state index in [2.05, 4.69) is 13.0 Å². The molecule has 0 N–H and O–H groups in total. The maximum Gasteiger partial charge on any atom is 0.222 e. The summed E-state index contributed by atoms with van der Waals surface area (Å²) in [5.41, 5.74) is 0. The minimum atomic E-state index is -0.0494. The van der Waals surface area contributed by atoms with Crippen molar-refractivity contribution in [2.24, 2.45) is 11.8 Å². The van der Waals surface area contributed by atoms with Gasteiger partial charge in [-0.2, -0.15) is 5.26 Å². The summed E-state index contributed by atoms with van der Waals surface area (Å²) in [5.74, 6) is 0.892. The molecule has 1 saturated heterocycles. The van der Waals surface area contributed by atoms with Crippen molar-refractivity contribution in [3.63, 3.8) is 0 Å². The molecule has 16 heavy (non-hydrogen) atoms. The maximum absolute atomic E-state index is 11.8. The number of carbonyl (C=O) groups excluding carboxylic acids is 1. The summed E-state index contributed by atoms with van der Waals surface area (Å²) < 4.78 is 0. The maximum atomic E-state index is 11.8. The van der Waals surface area contributed by atoms with E-state index in [1.807, 2.05) is 11.8 Å². The van der Waals surface area contributed by atoms with Gasteiger partial charge in [-0.1, -0.05) is 19.8 Å². The van der Waals surface area contributed by atoms with Gasteiger partial charge in [-0.05, 0) is 25.7 Å². The fourth-order valence-corrected chi connectivity index (χ4v) is 2.35. The molecule has 90 valence electrons. The predicted molar refractivity (Wildman–Crippen MR) is 63.6 cm³/mol. The standard InChI is InChI=1S/C13H22N2O/c1-3-4-12-5-6-13(16)15(8-7-12)10-11(2)9-14/h11-12H,3-8,10H2,1-2H3. The van der Waals surface area contributed by atoms with Crippen LogP contribution in [0.4, 0.5) is 0 Å². The second-order valence-electron chi connectivity index (χ2n) is 4.85. The van der Waals surface area contributed by atoms with E-state index >= 15 is 0 Å². The van der Waals surface area contributed by atoms with Crippen LogP contribution in [0.2, 0.25) is 0 Å². The second kappa shape index (κ2) is 6.52. The zero-order valence-electron chi connectivity index (χ0n) is 10.4. The molecule has 1 aliphatic heterocycles. The molecule has 3 nitrogen and oxygen atoms in total. The van der Waals surface area contributed by atoms with E-state index in [-0.39, 0.29) is 11.8 Å². The first kappa shape index (κ1) is 13.0. The fourth-order valence-electron chi connectivity index (χ4n) is 2.35. The second-order valence-corrected chi connectivity index (χ2v) is 4.85. The molecule has 1 aliphatic rings. The quantitative estimate of drug-likeness (QED) is 0.733. The summed E-state index contributed by atoms with van der Waals surface area (Å²) in [6, 6.07) is 2.20. The Hall–Kier alpha value is -1.04. The van der Waals surface area contributed by atoms with Crippen LogP contribution in [0.5, 0.6) is 0 Å². The van der Waals surface area contributed by atoms with E-state index < -0.39 is 0 Å². The van der Waals surface area contributed by atoms with Crippen molar-refractivity contribution in [3.05, 3.63) is 0 Å². The average Bonchev–Trinajstić information content (AvgIpc) is 2.44. The van der Waals surface area contributed by atoms with E-state index in [4.69, 9.17) is 5.26 Å². The Kier molecular flexibility index (Phi) is 5.31. The third kappa shape index (κ3) is 3.84. The zero-order valence-corrected chi connectivity index (χ0v) is 10.4. The SMILES string of the molecule is CCCC1CCC(=O)N(CC(C)C#N)CC1. The molecule has 3 heteroatoms. The minimum Gasteiger partial charge on any atom is -0.341 e. The lowest BCUT2D eigenvalue weighted by Gasteiger charge is -2.21. The highest BCUT2D eigenvalue weighted by atomic mass is 16.2. The van der Waals surface area contributed by atoms with Gasteiger partial charge in [0.05, 0.1) is 12.0 Å². The Morgan fingerprint density at radius 2 is 2.31 bits per heavy atom. The summed E-state index contributed by atoms with van der Waals surface area (Å²) >= 11 is 0. The third-order valence-corrected chi connectivity index (χ3v) is 3.34. The van der Waals surface area contributed by atoms with E-state index in [1.54, 1.807) is 0 Å². The highest BCUT2D eigenvalue weighted by molar-refractivity contribution is 5.76. The molecule has 0 aromatic carbocycles. The Bertz CT molecular complexity index is 270. The Balaban J connectivity index is 2.48. The van der Waals surface area contributed by atoms with Crippen LogP contribution in [-0.2, 0) is 4.79 Å². The summed E-state index contributed by atoms with van der Waals surface area (Å²) in [6.07, 6.45) is 5.24. The molecule has 0 bridgehead atoms. The molecule has 0 spiro atoms. The largest absolute Gasteiger partial charge is 0.341 e. The van der Waals surface area contributed by atoms with E-state index in [1.165, 1.54) is 12.8 Å². The molecule has 0 radical (unpaired) electrons. The van der Waals surface area contributed by atoms with Gasteiger partial charge in [0.25, 0.3) is 0 Å². The molecule has 0 aliphatic carbocycles. The summed E-state index contributed by atoms with van der Waals surface area (Å²) in [6.45, 7) is 5.52. The lowest BCUT2D eigenvalue weighted by atomic mass is 9.96. The van der Waals surface area contributed by atoms with Gasteiger partial charge in [0, 0.05) is 19.5 Å². The van der Waals surface area contributed by atoms with Crippen LogP contribution in [0, 0.1) is 23.2 Å². The molecule has 1 amide bonds. The molecule has 2 atom stereocenters. The van der Waals surface area contributed by atoms with Crippen molar-refractivity contribution in [1.82, 2.24) is 4.90 Å². The molecular formula is C13H22N2O. The minimum absolute atomic E-state index is 0.0494. The van der Waals surface area contributed by atoms with Crippen LogP contribution in [0.1, 0.15) is 46.0 Å². The number of nitrogens with zero attached hydrogens (tertiary/aromatic N) is 2. The van der Waals surface area contributed by atoms with Crippen molar-refractivity contribution in [3.8, 4) is 6.07 Å². The van der Waals surface area contributed by atoms with Crippen molar-refractivity contribution >= 4 is 5.91 Å². The van der Waals surface area contributed by atoms with Crippen LogP contribution >= 0.6 is 0 Å². The van der Waals surface area contributed by atoms with Crippen LogP contribution in [0.3, 0.4) is 0 Å². The van der Waals surface area contributed by atoms with Crippen molar-refractivity contribution < 1.29 is 4.79 Å². The number of rotatable bonds is 4. The van der Waals surface area contributed by atoms with Crippen LogP contribution in [0.15, 0.2) is 0 Å². The van der Waals surface area contributed by atoms with Crippen molar-refractivity contribution in [1.29, 1.82) is 5.26 Å². The monoisotopic (exact) mass is 222 g/mol. The first-order valence-corrected chi connectivity index (χ1v) is 6.34. The number of hydrogen-bond donors (Lipinski definition) is 0. The predicted octanol–water partition coefficient (Wildman–Crippen LogP) is 2.57. The molecule has 0 aromatic rings. The normalized spacial score (nSPS) is 23.7. The van der Waals surface area contributed by atoms with Gasteiger partial charge in [0.1, 0.15) is 0 Å². The van der Waals surface area contributed by atoms with Crippen molar-refractivity contribution in [2.75, 3.05) is 13.1 Å². The van der Waals surface area contributed by atoms with Crippen LogP contribution in [-0.4, -0.2) is 23.9 Å². The van der Waals surface area contributed by atoms with Crippen LogP contribution < -0.4 is 0 Å². The first-order valence-electron chi connectivity index (χ1n) is 6.34. The zero-order chi connectivity index (χ0) is 12.0. The van der Waals surface area contributed by atoms with Gasteiger partial charge in [0.15, 0.2) is 0 Å². The molecular weight excluding hydrogens is 200 g/mol. The first-order chi connectivity index (χ1) is 7.67. The smallest absolute Gasteiger partial charge is 0.222 e. The van der Waals surface area contributed by atoms with Gasteiger partial charge in [-0.15, -0.1) is 0 Å². The Morgan fingerprint density at radius 1 is 1.56 bits per heavy atom. The lowest BCUT2D eigenvalue weighted by molar-refractivity contribution is -0.131. The number of amides is 1. The highest BCUT2D eigenvalue weighted by Crippen LogP contribution is 2.22. The topological polar surface area (TPSA) is 44.1 Å². The Labute approximate surface area is 98.4 Å². The molecule has 1 heterocycles. The number of hydrogen-bond acceptors (Lipinski definition) is 2. The lowest BCUT2D eigenvalue weighted by Crippen LogP contribution is -2.33. The summed E-state index contributed by atoms with van der Waals surface area (Å²) in [5, 5.41) is 8.77. The number of carbonyl (C=O) groups is 1. The molecule has 2 unspecified atom stereocenters. The average molecular weight is 222 g/mol. The molecule has 1 fully saturated rings. The van der Waals surface area contributed by atoms with Gasteiger partial charge in [-0.25, -0.2) is 0 Å². The van der Waals surface area contributed by atoms with Gasteiger partial charge in [-0.3, -0.25) is 4.79 Å². The van der Waals surface area contributed by atoms with Gasteiger partial charge < -0.3 is 4.90 Å². The Morgan fingerprint density at radius 3 is 2.94 bits per heavy atom. The van der Waals surface area contributed by atoms with E-state index in [0.717, 1.165) is 19.4 Å². The number of nitriles is 1. The van der Waals surface area contributed by atoms with E-state index in [9.17, 15) is 4.79 Å². The number of likely N-dealkylation sites (tertiary alicyclic amines) is 1. The third-order valence-electron chi connectivity index (χ3n) is 3.34. The molecule has 0 aromatic heterocycles. The van der Waals surface area contributed by atoms with E-state index in [0.29, 0.717) is 18.9 Å².